The molecule has 0 spiro atoms. The minimum absolute atomic E-state index is 0.0643. The number of hydrogen-bond donors (Lipinski definition) is 0. The minimum atomic E-state index is 0.0643. The summed E-state index contributed by atoms with van der Waals surface area (Å²) in [4.78, 5) is 18.6. The van der Waals surface area contributed by atoms with Crippen molar-refractivity contribution in [2.75, 3.05) is 32.8 Å². The van der Waals surface area contributed by atoms with Gasteiger partial charge in [-0.15, -0.1) is 11.3 Å². The number of nitrogens with zero attached hydrogens (tertiary/aromatic N) is 2. The van der Waals surface area contributed by atoms with E-state index in [0.717, 1.165) is 32.5 Å². The second kappa shape index (κ2) is 7.68. The molecule has 2 aliphatic heterocycles. The molecular weight excluding hydrogens is 332 g/mol. The third-order valence-electron chi connectivity index (χ3n) is 5.13. The number of thiophene rings is 1. The van der Waals surface area contributed by atoms with Crippen LogP contribution in [0, 0.1) is 0 Å². The fraction of sp³-hybridized carbons (Fsp3) is 0.450. The summed E-state index contributed by atoms with van der Waals surface area (Å²) in [7, 11) is 0. The van der Waals surface area contributed by atoms with E-state index in [0.29, 0.717) is 13.2 Å². The Morgan fingerprint density at radius 2 is 2.04 bits per heavy atom. The summed E-state index contributed by atoms with van der Waals surface area (Å²) in [6.45, 7) is 3.67. The Hall–Kier alpha value is -1.69. The third-order valence-corrected chi connectivity index (χ3v) is 6.10. The van der Waals surface area contributed by atoms with Gasteiger partial charge in [0.25, 0.3) is 0 Å². The Balaban J connectivity index is 1.39. The van der Waals surface area contributed by atoms with Crippen molar-refractivity contribution in [3.63, 3.8) is 0 Å². The van der Waals surface area contributed by atoms with Crippen molar-refractivity contribution in [2.24, 2.45) is 0 Å². The van der Waals surface area contributed by atoms with Gasteiger partial charge in [-0.1, -0.05) is 36.4 Å². The molecule has 3 heterocycles. The van der Waals surface area contributed by atoms with Crippen molar-refractivity contribution in [3.05, 3.63) is 58.3 Å². The first-order chi connectivity index (χ1) is 12.3. The van der Waals surface area contributed by atoms with Gasteiger partial charge in [0, 0.05) is 24.5 Å². The molecule has 1 aromatic heterocycles. The van der Waals surface area contributed by atoms with Crippen molar-refractivity contribution in [1.82, 2.24) is 9.80 Å². The molecule has 2 atom stereocenters. The lowest BCUT2D eigenvalue weighted by molar-refractivity contribution is -0.135. The molecule has 2 unspecified atom stereocenters. The number of amides is 1. The number of hydrogen-bond acceptors (Lipinski definition) is 4. The van der Waals surface area contributed by atoms with Gasteiger partial charge in [-0.2, -0.15) is 0 Å². The number of carbonyl (C=O) groups is 1. The molecule has 0 aliphatic carbocycles. The SMILES string of the molecule is O=C(CN1CCOC(c2ccccc2)C1)N1CCCC1c1cccs1. The van der Waals surface area contributed by atoms with E-state index < -0.39 is 0 Å². The molecule has 5 heteroatoms. The Kier molecular flexibility index (Phi) is 5.15. The first-order valence-electron chi connectivity index (χ1n) is 9.03. The fourth-order valence-electron chi connectivity index (χ4n) is 3.84. The maximum absolute atomic E-state index is 12.9. The van der Waals surface area contributed by atoms with Crippen LogP contribution in [0.2, 0.25) is 0 Å². The number of morpholine rings is 1. The highest BCUT2D eigenvalue weighted by atomic mass is 32.1. The van der Waals surface area contributed by atoms with E-state index in [1.54, 1.807) is 11.3 Å². The normalized spacial score (nSPS) is 24.6. The largest absolute Gasteiger partial charge is 0.371 e. The molecular formula is C20H24N2O2S. The van der Waals surface area contributed by atoms with Crippen LogP contribution in [0.1, 0.15) is 35.4 Å². The summed E-state index contributed by atoms with van der Waals surface area (Å²) >= 11 is 1.76. The molecule has 0 saturated carbocycles. The van der Waals surface area contributed by atoms with Crippen LogP contribution in [-0.2, 0) is 9.53 Å². The number of carbonyl (C=O) groups excluding carboxylic acids is 1. The van der Waals surface area contributed by atoms with Gasteiger partial charge in [0.2, 0.25) is 5.91 Å². The van der Waals surface area contributed by atoms with Crippen molar-refractivity contribution in [2.45, 2.75) is 25.0 Å². The number of ether oxygens (including phenoxy) is 1. The van der Waals surface area contributed by atoms with Crippen LogP contribution in [-0.4, -0.2) is 48.5 Å². The van der Waals surface area contributed by atoms with Gasteiger partial charge in [-0.05, 0) is 29.9 Å². The van der Waals surface area contributed by atoms with E-state index in [1.165, 1.54) is 10.4 Å². The molecule has 4 nitrogen and oxygen atoms in total. The quantitative estimate of drug-likeness (QED) is 0.841. The molecule has 4 rings (SSSR count). The molecule has 0 bridgehead atoms. The van der Waals surface area contributed by atoms with Gasteiger partial charge < -0.3 is 9.64 Å². The lowest BCUT2D eigenvalue weighted by Gasteiger charge is -2.34. The Morgan fingerprint density at radius 1 is 1.16 bits per heavy atom. The first kappa shape index (κ1) is 16.8. The summed E-state index contributed by atoms with van der Waals surface area (Å²) in [5.41, 5.74) is 1.19. The number of benzene rings is 1. The molecule has 2 fully saturated rings. The van der Waals surface area contributed by atoms with Gasteiger partial charge in [-0.3, -0.25) is 9.69 Å². The van der Waals surface area contributed by atoms with E-state index in [4.69, 9.17) is 4.74 Å². The van der Waals surface area contributed by atoms with Gasteiger partial charge in [-0.25, -0.2) is 0 Å². The summed E-state index contributed by atoms with van der Waals surface area (Å²) in [6.07, 6.45) is 2.25. The van der Waals surface area contributed by atoms with Crippen LogP contribution in [0.5, 0.6) is 0 Å². The van der Waals surface area contributed by atoms with Gasteiger partial charge in [0.1, 0.15) is 0 Å². The van der Waals surface area contributed by atoms with Crippen LogP contribution in [0.15, 0.2) is 47.8 Å². The van der Waals surface area contributed by atoms with E-state index in [1.807, 2.05) is 18.2 Å². The lowest BCUT2D eigenvalue weighted by atomic mass is 10.1. The maximum atomic E-state index is 12.9. The standard InChI is InChI=1S/C20H24N2O2S/c23-20(22-10-4-8-17(22)19-9-5-13-25-19)15-21-11-12-24-18(14-21)16-6-2-1-3-7-16/h1-3,5-7,9,13,17-18H,4,8,10-12,14-15H2. The number of rotatable bonds is 4. The molecule has 2 aliphatic rings. The smallest absolute Gasteiger partial charge is 0.237 e. The highest BCUT2D eigenvalue weighted by Gasteiger charge is 2.32. The van der Waals surface area contributed by atoms with Crippen LogP contribution >= 0.6 is 11.3 Å². The average Bonchev–Trinajstić information content (AvgIpc) is 3.34. The number of likely N-dealkylation sites (tertiary alicyclic amines) is 1. The van der Waals surface area contributed by atoms with Gasteiger partial charge >= 0.3 is 0 Å². The van der Waals surface area contributed by atoms with Crippen LogP contribution in [0.25, 0.3) is 0 Å². The summed E-state index contributed by atoms with van der Waals surface area (Å²) in [5.74, 6) is 0.254. The molecule has 1 amide bonds. The molecule has 132 valence electrons. The molecule has 0 N–H and O–H groups in total. The van der Waals surface area contributed by atoms with Crippen molar-refractivity contribution in [1.29, 1.82) is 0 Å². The highest BCUT2D eigenvalue weighted by Crippen LogP contribution is 2.34. The Morgan fingerprint density at radius 3 is 2.84 bits per heavy atom. The van der Waals surface area contributed by atoms with E-state index in [9.17, 15) is 4.79 Å². The van der Waals surface area contributed by atoms with Crippen molar-refractivity contribution >= 4 is 17.2 Å². The van der Waals surface area contributed by atoms with E-state index >= 15 is 0 Å². The molecule has 2 saturated heterocycles. The molecule has 1 aromatic carbocycles. The van der Waals surface area contributed by atoms with E-state index in [-0.39, 0.29) is 18.1 Å². The van der Waals surface area contributed by atoms with Gasteiger partial charge in [0.05, 0.1) is 25.3 Å². The van der Waals surface area contributed by atoms with Crippen LogP contribution in [0.4, 0.5) is 0 Å². The zero-order valence-electron chi connectivity index (χ0n) is 14.3. The zero-order valence-corrected chi connectivity index (χ0v) is 15.2. The Bertz CT molecular complexity index is 689. The summed E-state index contributed by atoms with van der Waals surface area (Å²) < 4.78 is 5.92. The summed E-state index contributed by atoms with van der Waals surface area (Å²) in [5, 5.41) is 2.10. The second-order valence-corrected chi connectivity index (χ2v) is 7.75. The fourth-order valence-corrected chi connectivity index (χ4v) is 4.71. The molecule has 25 heavy (non-hydrogen) atoms. The Labute approximate surface area is 153 Å². The topological polar surface area (TPSA) is 32.8 Å². The predicted octanol–water partition coefficient (Wildman–Crippen LogP) is 3.49. The van der Waals surface area contributed by atoms with Crippen molar-refractivity contribution < 1.29 is 9.53 Å². The highest BCUT2D eigenvalue weighted by molar-refractivity contribution is 7.10. The minimum Gasteiger partial charge on any atom is -0.371 e. The van der Waals surface area contributed by atoms with Gasteiger partial charge in [0.15, 0.2) is 0 Å². The van der Waals surface area contributed by atoms with Crippen LogP contribution < -0.4 is 0 Å². The lowest BCUT2D eigenvalue weighted by Crippen LogP contribution is -2.45. The maximum Gasteiger partial charge on any atom is 0.237 e. The second-order valence-electron chi connectivity index (χ2n) is 6.77. The first-order valence-corrected chi connectivity index (χ1v) is 9.91. The monoisotopic (exact) mass is 356 g/mol. The third kappa shape index (κ3) is 3.78. The molecule has 0 radical (unpaired) electrons. The molecule has 2 aromatic rings. The average molecular weight is 356 g/mol. The van der Waals surface area contributed by atoms with Crippen molar-refractivity contribution in [3.8, 4) is 0 Å². The van der Waals surface area contributed by atoms with Crippen LogP contribution in [0.3, 0.4) is 0 Å². The predicted molar refractivity (Wildman–Crippen MR) is 99.6 cm³/mol. The zero-order chi connectivity index (χ0) is 17.1. The summed E-state index contributed by atoms with van der Waals surface area (Å²) in [6, 6.07) is 14.8. The van der Waals surface area contributed by atoms with E-state index in [2.05, 4.69) is 39.4 Å².